The topological polar surface area (TPSA) is 81.7 Å². The molecule has 0 bridgehead atoms. The lowest BCUT2D eigenvalue weighted by molar-refractivity contribution is 0.0240. The van der Waals surface area contributed by atoms with Crippen molar-refractivity contribution in [2.45, 2.75) is 32.9 Å². The first-order valence-corrected chi connectivity index (χ1v) is 11.5. The van der Waals surface area contributed by atoms with Gasteiger partial charge >= 0.3 is 6.09 Å². The Hall–Kier alpha value is -3.92. The van der Waals surface area contributed by atoms with Crippen LogP contribution in [0.1, 0.15) is 32.1 Å². The van der Waals surface area contributed by atoms with Gasteiger partial charge in [-0.3, -0.25) is 0 Å². The predicted octanol–water partition coefficient (Wildman–Crippen LogP) is 5.49. The Bertz CT molecular complexity index is 1160. The molecule has 0 radical (unpaired) electrons. The fourth-order valence-electron chi connectivity index (χ4n) is 3.81. The first-order valence-electron chi connectivity index (χ1n) is 11.5. The number of hydrogen-bond donors (Lipinski definition) is 1. The van der Waals surface area contributed by atoms with E-state index in [0.29, 0.717) is 25.2 Å². The van der Waals surface area contributed by atoms with Crippen molar-refractivity contribution in [2.24, 2.45) is 0 Å². The van der Waals surface area contributed by atoms with Crippen LogP contribution in [-0.2, 0) is 11.3 Å². The number of nitrogens with zero attached hydrogens (tertiary/aromatic N) is 3. The monoisotopic (exact) mass is 458 g/mol. The first kappa shape index (κ1) is 23.2. The van der Waals surface area contributed by atoms with E-state index < -0.39 is 5.60 Å². The normalized spacial score (nSPS) is 13.9. The van der Waals surface area contributed by atoms with Crippen molar-refractivity contribution in [3.05, 3.63) is 72.0 Å². The molecular formula is C27H30N4O3. The molecule has 1 N–H and O–H groups in total. The second-order valence-corrected chi connectivity index (χ2v) is 9.31. The summed E-state index contributed by atoms with van der Waals surface area (Å²) >= 11 is 0. The fourth-order valence-corrected chi connectivity index (χ4v) is 3.81. The summed E-state index contributed by atoms with van der Waals surface area (Å²) in [6.45, 7) is 9.01. The molecule has 0 unspecified atom stereocenters. The highest BCUT2D eigenvalue weighted by Crippen LogP contribution is 2.25. The summed E-state index contributed by atoms with van der Waals surface area (Å²) in [6, 6.07) is 21.6. The maximum Gasteiger partial charge on any atom is 0.410 e. The average Bonchev–Trinajstić information content (AvgIpc) is 3.31. The minimum absolute atomic E-state index is 0.249. The third-order valence-electron chi connectivity index (χ3n) is 5.57. The van der Waals surface area contributed by atoms with Crippen LogP contribution in [0.15, 0.2) is 65.1 Å². The number of carbonyl (C=O) groups excluding carboxylic acids is 1. The maximum absolute atomic E-state index is 12.3. The van der Waals surface area contributed by atoms with Crippen LogP contribution in [0.3, 0.4) is 0 Å². The van der Waals surface area contributed by atoms with Crippen molar-refractivity contribution in [3.8, 4) is 17.4 Å². The molecule has 1 aromatic heterocycles. The van der Waals surface area contributed by atoms with Crippen molar-refractivity contribution < 1.29 is 13.9 Å². The number of anilines is 2. The molecule has 7 heteroatoms. The van der Waals surface area contributed by atoms with Crippen LogP contribution in [0.2, 0.25) is 0 Å². The minimum Gasteiger partial charge on any atom is -0.459 e. The van der Waals surface area contributed by atoms with Gasteiger partial charge in [0.2, 0.25) is 0 Å². The van der Waals surface area contributed by atoms with Gasteiger partial charge in [-0.25, -0.2) is 4.79 Å². The average molecular weight is 459 g/mol. The molecule has 1 amide bonds. The van der Waals surface area contributed by atoms with Gasteiger partial charge in [0.05, 0.1) is 18.2 Å². The van der Waals surface area contributed by atoms with E-state index in [4.69, 9.17) is 14.4 Å². The zero-order valence-electron chi connectivity index (χ0n) is 19.9. The van der Waals surface area contributed by atoms with Crippen molar-refractivity contribution in [3.63, 3.8) is 0 Å². The Morgan fingerprint density at radius 3 is 2.47 bits per heavy atom. The van der Waals surface area contributed by atoms with Gasteiger partial charge in [-0.05, 0) is 75.4 Å². The smallest absolute Gasteiger partial charge is 0.410 e. The molecule has 1 aliphatic heterocycles. The number of ether oxygens (including phenoxy) is 1. The summed E-state index contributed by atoms with van der Waals surface area (Å²) in [5.41, 5.74) is 3.21. The van der Waals surface area contributed by atoms with E-state index in [-0.39, 0.29) is 6.09 Å². The first-order chi connectivity index (χ1) is 16.3. The van der Waals surface area contributed by atoms with Crippen molar-refractivity contribution in [1.82, 2.24) is 4.90 Å². The molecule has 0 aliphatic carbocycles. The maximum atomic E-state index is 12.3. The number of carbonyl (C=O) groups is 1. The Morgan fingerprint density at radius 1 is 1.06 bits per heavy atom. The second-order valence-electron chi connectivity index (χ2n) is 9.31. The van der Waals surface area contributed by atoms with E-state index in [0.717, 1.165) is 41.5 Å². The highest BCUT2D eigenvalue weighted by atomic mass is 16.6. The highest BCUT2D eigenvalue weighted by molar-refractivity contribution is 5.69. The van der Waals surface area contributed by atoms with Gasteiger partial charge in [0, 0.05) is 43.1 Å². The molecule has 0 atom stereocenters. The van der Waals surface area contributed by atoms with E-state index in [1.54, 1.807) is 17.0 Å². The highest BCUT2D eigenvalue weighted by Gasteiger charge is 2.26. The molecule has 3 aromatic rings. The van der Waals surface area contributed by atoms with E-state index in [9.17, 15) is 4.79 Å². The Morgan fingerprint density at radius 2 is 1.79 bits per heavy atom. The SMILES string of the molecule is CC(C)(C)OC(=O)N1CCN(c2cccc(NCc3ccc(-c4ccc(C#N)cc4)o3)c2)CC1. The molecule has 0 spiro atoms. The second kappa shape index (κ2) is 9.92. The van der Waals surface area contributed by atoms with Gasteiger partial charge in [-0.2, -0.15) is 5.26 Å². The number of rotatable bonds is 5. The zero-order valence-corrected chi connectivity index (χ0v) is 19.9. The number of nitriles is 1. The number of benzene rings is 2. The summed E-state index contributed by atoms with van der Waals surface area (Å²) in [5.74, 6) is 1.61. The van der Waals surface area contributed by atoms with Crippen LogP contribution in [0.5, 0.6) is 0 Å². The standard InChI is InChI=1S/C27H30N4O3/c1-27(2,3)34-26(32)31-15-13-30(14-16-31)23-6-4-5-22(17-23)29-19-24-11-12-25(33-24)21-9-7-20(18-28)8-10-21/h4-12,17,29H,13-16,19H2,1-3H3. The van der Waals surface area contributed by atoms with Crippen molar-refractivity contribution >= 4 is 17.5 Å². The van der Waals surface area contributed by atoms with Crippen LogP contribution >= 0.6 is 0 Å². The molecule has 176 valence electrons. The van der Waals surface area contributed by atoms with Gasteiger partial charge in [0.15, 0.2) is 0 Å². The molecule has 34 heavy (non-hydrogen) atoms. The van der Waals surface area contributed by atoms with E-state index in [1.165, 1.54) is 0 Å². The summed E-state index contributed by atoms with van der Waals surface area (Å²) in [6.07, 6.45) is -0.249. The Kier molecular flexibility index (Phi) is 6.78. The minimum atomic E-state index is -0.481. The van der Waals surface area contributed by atoms with Crippen molar-refractivity contribution in [1.29, 1.82) is 5.26 Å². The lowest BCUT2D eigenvalue weighted by Gasteiger charge is -2.36. The fraction of sp³-hybridized carbons (Fsp3) is 0.333. The van der Waals surface area contributed by atoms with E-state index in [1.807, 2.05) is 57.2 Å². The molecule has 7 nitrogen and oxygen atoms in total. The van der Waals surface area contributed by atoms with Gasteiger partial charge < -0.3 is 24.3 Å². The lowest BCUT2D eigenvalue weighted by Crippen LogP contribution is -2.50. The molecule has 1 aliphatic rings. The van der Waals surface area contributed by atoms with Crippen LogP contribution in [0.4, 0.5) is 16.2 Å². The van der Waals surface area contributed by atoms with E-state index >= 15 is 0 Å². The summed E-state index contributed by atoms with van der Waals surface area (Å²) in [7, 11) is 0. The van der Waals surface area contributed by atoms with E-state index in [2.05, 4.69) is 28.4 Å². The predicted molar refractivity (Wildman–Crippen MR) is 133 cm³/mol. The van der Waals surface area contributed by atoms with Crippen molar-refractivity contribution in [2.75, 3.05) is 36.4 Å². The molecule has 1 saturated heterocycles. The zero-order chi connectivity index (χ0) is 24.1. The van der Waals surface area contributed by atoms with Crippen LogP contribution < -0.4 is 10.2 Å². The Labute approximate surface area is 200 Å². The third kappa shape index (κ3) is 5.90. The number of hydrogen-bond acceptors (Lipinski definition) is 6. The molecule has 0 saturated carbocycles. The lowest BCUT2D eigenvalue weighted by atomic mass is 10.1. The van der Waals surface area contributed by atoms with Gasteiger partial charge in [-0.1, -0.05) is 6.07 Å². The van der Waals surface area contributed by atoms with Gasteiger partial charge in [0.1, 0.15) is 17.1 Å². The molecule has 2 aromatic carbocycles. The van der Waals surface area contributed by atoms with Crippen LogP contribution in [-0.4, -0.2) is 42.8 Å². The van der Waals surface area contributed by atoms with Gasteiger partial charge in [0.25, 0.3) is 0 Å². The number of furan rings is 1. The molecule has 2 heterocycles. The molecule has 4 rings (SSSR count). The largest absolute Gasteiger partial charge is 0.459 e. The summed E-state index contributed by atoms with van der Waals surface area (Å²) in [5, 5.41) is 12.4. The third-order valence-corrected chi connectivity index (χ3v) is 5.57. The quantitative estimate of drug-likeness (QED) is 0.545. The summed E-state index contributed by atoms with van der Waals surface area (Å²) < 4.78 is 11.5. The van der Waals surface area contributed by atoms with Crippen LogP contribution in [0.25, 0.3) is 11.3 Å². The number of nitrogens with one attached hydrogen (secondary N) is 1. The number of amides is 1. The summed E-state index contributed by atoms with van der Waals surface area (Å²) in [4.78, 5) is 16.4. The van der Waals surface area contributed by atoms with Gasteiger partial charge in [-0.15, -0.1) is 0 Å². The van der Waals surface area contributed by atoms with Crippen LogP contribution in [0, 0.1) is 11.3 Å². The molecular weight excluding hydrogens is 428 g/mol. The molecule has 1 fully saturated rings. The Balaban J connectivity index is 1.32. The number of piperazine rings is 1.